The zero-order valence-corrected chi connectivity index (χ0v) is 12.4. The third kappa shape index (κ3) is 3.01. The minimum atomic E-state index is -0.687. The second-order valence-corrected chi connectivity index (χ2v) is 7.05. The quantitative estimate of drug-likeness (QED) is 0.893. The highest BCUT2D eigenvalue weighted by Crippen LogP contribution is 2.35. The number of carbonyl (C=O) groups is 1. The van der Waals surface area contributed by atoms with E-state index in [1.54, 1.807) is 11.8 Å². The topological polar surface area (TPSA) is 49.3 Å². The molecule has 108 valence electrons. The fraction of sp³-hybridized carbons (Fsp3) is 0.562. The van der Waals surface area contributed by atoms with Crippen molar-refractivity contribution in [1.82, 2.24) is 5.32 Å². The summed E-state index contributed by atoms with van der Waals surface area (Å²) in [5, 5.41) is 13.1. The monoisotopic (exact) mass is 291 g/mol. The smallest absolute Gasteiger partial charge is 0.220 e. The summed E-state index contributed by atoms with van der Waals surface area (Å²) >= 11 is 1.75. The Hall–Kier alpha value is -1.00. The first-order chi connectivity index (χ1) is 9.66. The molecule has 1 aromatic carbocycles. The molecule has 2 aliphatic rings. The summed E-state index contributed by atoms with van der Waals surface area (Å²) in [7, 11) is 0. The highest BCUT2D eigenvalue weighted by molar-refractivity contribution is 7.99. The number of rotatable bonds is 4. The number of nitrogens with one attached hydrogen (secondary N) is 1. The van der Waals surface area contributed by atoms with Crippen molar-refractivity contribution in [3.63, 3.8) is 0 Å². The highest BCUT2D eigenvalue weighted by atomic mass is 32.2. The molecule has 0 spiro atoms. The average molecular weight is 291 g/mol. The van der Waals surface area contributed by atoms with Crippen molar-refractivity contribution in [3.8, 4) is 0 Å². The van der Waals surface area contributed by atoms with E-state index in [2.05, 4.69) is 23.5 Å². The van der Waals surface area contributed by atoms with Crippen molar-refractivity contribution in [3.05, 3.63) is 35.4 Å². The van der Waals surface area contributed by atoms with Gasteiger partial charge in [-0.3, -0.25) is 4.79 Å². The van der Waals surface area contributed by atoms with Gasteiger partial charge in [0.2, 0.25) is 5.91 Å². The predicted octanol–water partition coefficient (Wildman–Crippen LogP) is 2.09. The molecule has 1 heterocycles. The van der Waals surface area contributed by atoms with Crippen LogP contribution in [0.1, 0.15) is 36.3 Å². The molecule has 4 heteroatoms. The Morgan fingerprint density at radius 1 is 1.45 bits per heavy atom. The first-order valence-electron chi connectivity index (χ1n) is 7.31. The van der Waals surface area contributed by atoms with E-state index in [1.165, 1.54) is 11.1 Å². The van der Waals surface area contributed by atoms with Gasteiger partial charge in [-0.05, 0) is 42.1 Å². The molecule has 0 aromatic heterocycles. The van der Waals surface area contributed by atoms with Crippen LogP contribution in [0.5, 0.6) is 0 Å². The van der Waals surface area contributed by atoms with Crippen LogP contribution in [0, 0.1) is 0 Å². The Bertz CT molecular complexity index is 497. The third-order valence-corrected chi connectivity index (χ3v) is 5.62. The Morgan fingerprint density at radius 3 is 3.10 bits per heavy atom. The van der Waals surface area contributed by atoms with E-state index in [1.807, 2.05) is 6.07 Å². The molecule has 1 aliphatic carbocycles. The molecular formula is C16H21NO2S. The van der Waals surface area contributed by atoms with Gasteiger partial charge in [0.1, 0.15) is 0 Å². The number of benzene rings is 1. The van der Waals surface area contributed by atoms with Crippen molar-refractivity contribution in [2.75, 3.05) is 18.1 Å². The van der Waals surface area contributed by atoms with Crippen molar-refractivity contribution in [2.45, 2.75) is 37.2 Å². The number of hydrogen-bond acceptors (Lipinski definition) is 3. The maximum Gasteiger partial charge on any atom is 0.220 e. The van der Waals surface area contributed by atoms with E-state index in [4.69, 9.17) is 0 Å². The van der Waals surface area contributed by atoms with E-state index in [9.17, 15) is 9.90 Å². The maximum atomic E-state index is 12.1. The lowest BCUT2D eigenvalue weighted by molar-refractivity contribution is -0.122. The molecule has 1 fully saturated rings. The lowest BCUT2D eigenvalue weighted by Gasteiger charge is -2.22. The average Bonchev–Trinajstić information content (AvgIpc) is 3.05. The second-order valence-electron chi connectivity index (χ2n) is 5.94. The summed E-state index contributed by atoms with van der Waals surface area (Å²) in [6, 6.07) is 8.41. The summed E-state index contributed by atoms with van der Waals surface area (Å²) < 4.78 is 0. The molecule has 2 unspecified atom stereocenters. The molecule has 3 nitrogen and oxygen atoms in total. The van der Waals surface area contributed by atoms with Crippen molar-refractivity contribution in [2.24, 2.45) is 0 Å². The molecule has 20 heavy (non-hydrogen) atoms. The van der Waals surface area contributed by atoms with Gasteiger partial charge in [0, 0.05) is 18.7 Å². The van der Waals surface area contributed by atoms with Crippen molar-refractivity contribution < 1.29 is 9.90 Å². The van der Waals surface area contributed by atoms with E-state index in [0.717, 1.165) is 30.8 Å². The van der Waals surface area contributed by atoms with Crippen molar-refractivity contribution >= 4 is 17.7 Å². The van der Waals surface area contributed by atoms with Crippen LogP contribution >= 0.6 is 11.8 Å². The molecular weight excluding hydrogens is 270 g/mol. The summed E-state index contributed by atoms with van der Waals surface area (Å²) in [5.74, 6) is 2.14. The summed E-state index contributed by atoms with van der Waals surface area (Å²) in [6.07, 6.45) is 3.46. The first-order valence-corrected chi connectivity index (χ1v) is 8.46. The molecule has 1 amide bonds. The number of amides is 1. The number of fused-ring (bicyclic) bond motifs is 1. The normalized spacial score (nSPS) is 28.4. The Balaban J connectivity index is 1.53. The molecule has 2 atom stereocenters. The zero-order chi connectivity index (χ0) is 14.0. The van der Waals surface area contributed by atoms with Gasteiger partial charge in [-0.15, -0.1) is 0 Å². The number of thioether (sulfide) groups is 1. The van der Waals surface area contributed by atoms with Crippen LogP contribution in [0.2, 0.25) is 0 Å². The number of hydrogen-bond donors (Lipinski definition) is 2. The summed E-state index contributed by atoms with van der Waals surface area (Å²) in [4.78, 5) is 12.1. The van der Waals surface area contributed by atoms with Gasteiger partial charge < -0.3 is 10.4 Å². The van der Waals surface area contributed by atoms with Crippen LogP contribution in [0.25, 0.3) is 0 Å². The maximum absolute atomic E-state index is 12.1. The van der Waals surface area contributed by atoms with Gasteiger partial charge in [-0.25, -0.2) is 0 Å². The molecule has 0 saturated carbocycles. The molecule has 0 radical (unpaired) electrons. The standard InChI is InChI=1S/C16H21NO2S/c18-15(17-10-16(19)7-8-20-11-16)9-13-6-5-12-3-1-2-4-14(12)13/h1-4,13,19H,5-11H2,(H,17,18). The second kappa shape index (κ2) is 5.78. The predicted molar refractivity (Wildman–Crippen MR) is 82.0 cm³/mol. The van der Waals surface area contributed by atoms with E-state index in [-0.39, 0.29) is 5.91 Å². The summed E-state index contributed by atoms with van der Waals surface area (Å²) in [5.41, 5.74) is 2.03. The fourth-order valence-electron chi connectivity index (χ4n) is 3.15. The van der Waals surface area contributed by atoms with Crippen LogP contribution in [-0.2, 0) is 11.2 Å². The highest BCUT2D eigenvalue weighted by Gasteiger charge is 2.32. The van der Waals surface area contributed by atoms with Gasteiger partial charge in [0.25, 0.3) is 0 Å². The van der Waals surface area contributed by atoms with Crippen LogP contribution in [0.3, 0.4) is 0 Å². The van der Waals surface area contributed by atoms with Gasteiger partial charge in [0.15, 0.2) is 0 Å². The minimum absolute atomic E-state index is 0.0667. The lowest BCUT2D eigenvalue weighted by Crippen LogP contribution is -2.43. The number of aryl methyl sites for hydroxylation is 1. The minimum Gasteiger partial charge on any atom is -0.387 e. The third-order valence-electron chi connectivity index (χ3n) is 4.39. The van der Waals surface area contributed by atoms with Gasteiger partial charge in [0.05, 0.1) is 5.60 Å². The SMILES string of the molecule is O=C(CC1CCc2ccccc21)NCC1(O)CCSC1. The van der Waals surface area contributed by atoms with Crippen LogP contribution in [0.15, 0.2) is 24.3 Å². The van der Waals surface area contributed by atoms with Crippen LogP contribution < -0.4 is 5.32 Å². The lowest BCUT2D eigenvalue weighted by atomic mass is 9.97. The van der Waals surface area contributed by atoms with Crippen LogP contribution in [-0.4, -0.2) is 34.7 Å². The van der Waals surface area contributed by atoms with E-state index >= 15 is 0 Å². The Labute approximate surface area is 124 Å². The van der Waals surface area contributed by atoms with Gasteiger partial charge >= 0.3 is 0 Å². The molecule has 3 rings (SSSR count). The summed E-state index contributed by atoms with van der Waals surface area (Å²) in [6.45, 7) is 0.396. The van der Waals surface area contributed by atoms with Crippen LogP contribution in [0.4, 0.5) is 0 Å². The molecule has 2 N–H and O–H groups in total. The van der Waals surface area contributed by atoms with E-state index in [0.29, 0.717) is 18.9 Å². The number of carbonyl (C=O) groups excluding carboxylic acids is 1. The first kappa shape index (κ1) is 14.0. The van der Waals surface area contributed by atoms with Gasteiger partial charge in [-0.2, -0.15) is 11.8 Å². The molecule has 1 aliphatic heterocycles. The molecule has 0 bridgehead atoms. The van der Waals surface area contributed by atoms with Gasteiger partial charge in [-0.1, -0.05) is 24.3 Å². The molecule has 1 aromatic rings. The van der Waals surface area contributed by atoms with E-state index < -0.39 is 5.60 Å². The number of aliphatic hydroxyl groups is 1. The zero-order valence-electron chi connectivity index (χ0n) is 11.6. The Kier molecular flexibility index (Phi) is 4.03. The largest absolute Gasteiger partial charge is 0.387 e. The molecule has 1 saturated heterocycles. The fourth-order valence-corrected chi connectivity index (χ4v) is 4.45. The van der Waals surface area contributed by atoms with Crippen molar-refractivity contribution in [1.29, 1.82) is 0 Å². The Morgan fingerprint density at radius 2 is 2.30 bits per heavy atom.